The maximum Gasteiger partial charge on any atom is 0.318 e. The second-order valence-electron chi connectivity index (χ2n) is 11.2. The van der Waals surface area contributed by atoms with Crippen molar-refractivity contribution in [3.8, 4) is 6.01 Å². The van der Waals surface area contributed by atoms with E-state index < -0.39 is 0 Å². The standard InChI is InChI=1S/C28H38N6O/c1-32-14-5-8-20(32)18-35-28-30-23-16-33(25-10-4-7-19-6-2-3-9-21(19)25)15-12-22(23)27(31-28)34-17-24-26(34)11-13-29-24/h4,7,10,20,24,26,29H,2-3,5-6,8-9,11-18H2,1H3/t20-,24+,26+/m0/s1. The predicted octanol–water partition coefficient (Wildman–Crippen LogP) is 2.94. The molecule has 5 heterocycles. The van der Waals surface area contributed by atoms with Crippen molar-refractivity contribution in [2.24, 2.45) is 0 Å². The Labute approximate surface area is 208 Å². The maximum atomic E-state index is 6.30. The van der Waals surface area contributed by atoms with Crippen molar-refractivity contribution in [2.45, 2.75) is 76.0 Å². The monoisotopic (exact) mass is 474 g/mol. The number of rotatable bonds is 5. The summed E-state index contributed by atoms with van der Waals surface area (Å²) in [6.07, 6.45) is 9.70. The average Bonchev–Trinajstić information content (AvgIpc) is 3.46. The number of fused-ring (bicyclic) bond motifs is 3. The first-order valence-corrected chi connectivity index (χ1v) is 13.8. The largest absolute Gasteiger partial charge is 0.462 e. The van der Waals surface area contributed by atoms with Gasteiger partial charge >= 0.3 is 6.01 Å². The number of benzene rings is 1. The zero-order chi connectivity index (χ0) is 23.4. The van der Waals surface area contributed by atoms with Crippen LogP contribution in [0.5, 0.6) is 6.01 Å². The van der Waals surface area contributed by atoms with Crippen molar-refractivity contribution in [2.75, 3.05) is 49.6 Å². The lowest BCUT2D eigenvalue weighted by Gasteiger charge is -2.46. The molecular formula is C28H38N6O. The zero-order valence-electron chi connectivity index (χ0n) is 21.0. The molecule has 7 heteroatoms. The Hall–Kier alpha value is -2.38. The van der Waals surface area contributed by atoms with Crippen LogP contribution in [0.3, 0.4) is 0 Å². The highest BCUT2D eigenvalue weighted by atomic mass is 16.5. The van der Waals surface area contributed by atoms with E-state index in [0.717, 1.165) is 45.0 Å². The van der Waals surface area contributed by atoms with E-state index in [1.807, 2.05) is 0 Å². The van der Waals surface area contributed by atoms with Crippen molar-refractivity contribution in [3.63, 3.8) is 0 Å². The van der Waals surface area contributed by atoms with E-state index in [1.54, 1.807) is 11.1 Å². The average molecular weight is 475 g/mol. The summed E-state index contributed by atoms with van der Waals surface area (Å²) in [5.74, 6) is 1.14. The summed E-state index contributed by atoms with van der Waals surface area (Å²) >= 11 is 0. The van der Waals surface area contributed by atoms with Crippen molar-refractivity contribution >= 4 is 11.5 Å². The molecule has 5 aliphatic rings. The summed E-state index contributed by atoms with van der Waals surface area (Å²) < 4.78 is 6.30. The number of nitrogens with zero attached hydrogens (tertiary/aromatic N) is 5. The van der Waals surface area contributed by atoms with Gasteiger partial charge in [0.05, 0.1) is 12.2 Å². The highest BCUT2D eigenvalue weighted by molar-refractivity contribution is 5.61. The molecule has 3 fully saturated rings. The van der Waals surface area contributed by atoms with Crippen LogP contribution in [0.15, 0.2) is 18.2 Å². The van der Waals surface area contributed by atoms with Crippen LogP contribution in [0.2, 0.25) is 0 Å². The summed E-state index contributed by atoms with van der Waals surface area (Å²) in [4.78, 5) is 17.6. The topological polar surface area (TPSA) is 56.8 Å². The van der Waals surface area contributed by atoms with Gasteiger partial charge in [-0.3, -0.25) is 0 Å². The molecule has 0 spiro atoms. The van der Waals surface area contributed by atoms with Crippen LogP contribution < -0.4 is 19.9 Å². The van der Waals surface area contributed by atoms with Crippen molar-refractivity contribution in [3.05, 3.63) is 40.6 Å². The number of likely N-dealkylation sites (N-methyl/N-ethyl adjacent to an activating group) is 1. The molecule has 0 bridgehead atoms. The SMILES string of the molecule is CN1CCC[C@H]1COc1nc2c(c(N3C[C@H]4NCC[C@H]43)n1)CCN(c1cccc3c1CCCC3)C2. The quantitative estimate of drug-likeness (QED) is 0.715. The van der Waals surface area contributed by atoms with E-state index in [0.29, 0.717) is 30.7 Å². The third-order valence-electron chi connectivity index (χ3n) is 9.19. The number of aryl methyl sites for hydroxylation is 1. The molecule has 7 nitrogen and oxygen atoms in total. The molecule has 186 valence electrons. The first-order chi connectivity index (χ1) is 17.2. The number of ether oxygens (including phenoxy) is 1. The van der Waals surface area contributed by atoms with Crippen LogP contribution in [0.1, 0.15) is 54.5 Å². The fraction of sp³-hybridized carbons (Fsp3) is 0.643. The predicted molar refractivity (Wildman–Crippen MR) is 139 cm³/mol. The molecule has 3 atom stereocenters. The van der Waals surface area contributed by atoms with Crippen LogP contribution in [0, 0.1) is 0 Å². The lowest BCUT2D eigenvalue weighted by Crippen LogP contribution is -2.61. The molecule has 35 heavy (non-hydrogen) atoms. The minimum absolute atomic E-state index is 0.470. The van der Waals surface area contributed by atoms with Gasteiger partial charge in [-0.2, -0.15) is 9.97 Å². The van der Waals surface area contributed by atoms with Crippen molar-refractivity contribution in [1.82, 2.24) is 20.2 Å². The number of likely N-dealkylation sites (tertiary alicyclic amines) is 1. The Balaban J connectivity index is 1.19. The van der Waals surface area contributed by atoms with Gasteiger partial charge in [0.25, 0.3) is 0 Å². The number of nitrogens with one attached hydrogen (secondary N) is 1. The van der Waals surface area contributed by atoms with Gasteiger partial charge in [-0.1, -0.05) is 12.1 Å². The van der Waals surface area contributed by atoms with Gasteiger partial charge in [0.15, 0.2) is 0 Å². The van der Waals surface area contributed by atoms with Gasteiger partial charge < -0.3 is 24.8 Å². The molecule has 0 amide bonds. The smallest absolute Gasteiger partial charge is 0.318 e. The minimum atomic E-state index is 0.470. The molecule has 1 N–H and O–H groups in total. The lowest BCUT2D eigenvalue weighted by molar-refractivity contribution is 0.187. The Morgan fingerprint density at radius 2 is 1.97 bits per heavy atom. The van der Waals surface area contributed by atoms with E-state index in [-0.39, 0.29) is 0 Å². The second kappa shape index (κ2) is 8.93. The molecule has 0 unspecified atom stereocenters. The number of anilines is 2. The van der Waals surface area contributed by atoms with Gasteiger partial charge in [0, 0.05) is 42.5 Å². The van der Waals surface area contributed by atoms with Crippen LogP contribution in [0.25, 0.3) is 0 Å². The lowest BCUT2D eigenvalue weighted by atomic mass is 9.89. The number of aromatic nitrogens is 2. The van der Waals surface area contributed by atoms with E-state index in [4.69, 9.17) is 14.7 Å². The highest BCUT2D eigenvalue weighted by Gasteiger charge is 2.44. The van der Waals surface area contributed by atoms with Crippen LogP contribution >= 0.6 is 0 Å². The molecule has 4 aliphatic heterocycles. The Kier molecular flexibility index (Phi) is 5.58. The third-order valence-corrected chi connectivity index (χ3v) is 9.19. The Morgan fingerprint density at radius 3 is 2.86 bits per heavy atom. The summed E-state index contributed by atoms with van der Waals surface area (Å²) in [6.45, 7) is 5.88. The highest BCUT2D eigenvalue weighted by Crippen LogP contribution is 2.38. The van der Waals surface area contributed by atoms with E-state index >= 15 is 0 Å². The van der Waals surface area contributed by atoms with Crippen molar-refractivity contribution in [1.29, 1.82) is 0 Å². The van der Waals surface area contributed by atoms with Gasteiger partial charge in [-0.25, -0.2) is 0 Å². The first-order valence-electron chi connectivity index (χ1n) is 13.8. The molecule has 2 aromatic rings. The molecule has 1 aliphatic carbocycles. The van der Waals surface area contributed by atoms with Crippen LogP contribution in [-0.4, -0.2) is 72.8 Å². The van der Waals surface area contributed by atoms with Gasteiger partial charge in [0.1, 0.15) is 12.4 Å². The molecule has 1 aromatic heterocycles. The van der Waals surface area contributed by atoms with E-state index in [1.165, 1.54) is 61.9 Å². The van der Waals surface area contributed by atoms with Gasteiger partial charge in [0.2, 0.25) is 0 Å². The normalized spacial score (nSPS) is 27.9. The molecule has 3 saturated heterocycles. The number of hydrogen-bond donors (Lipinski definition) is 1. The number of hydrogen-bond acceptors (Lipinski definition) is 7. The Morgan fingerprint density at radius 1 is 1.03 bits per heavy atom. The Bertz CT molecular complexity index is 1110. The zero-order valence-corrected chi connectivity index (χ0v) is 21.0. The summed E-state index contributed by atoms with van der Waals surface area (Å²) in [6, 6.07) is 9.14. The minimum Gasteiger partial charge on any atom is -0.462 e. The summed E-state index contributed by atoms with van der Waals surface area (Å²) in [5.41, 5.74) is 7.06. The molecule has 7 rings (SSSR count). The summed E-state index contributed by atoms with van der Waals surface area (Å²) in [5, 5.41) is 3.64. The van der Waals surface area contributed by atoms with Crippen molar-refractivity contribution < 1.29 is 4.74 Å². The van der Waals surface area contributed by atoms with Crippen LogP contribution in [-0.2, 0) is 25.8 Å². The fourth-order valence-electron chi connectivity index (χ4n) is 7.08. The van der Waals surface area contributed by atoms with Gasteiger partial charge in [-0.15, -0.1) is 0 Å². The van der Waals surface area contributed by atoms with Crippen LogP contribution in [0.4, 0.5) is 11.5 Å². The third kappa shape index (κ3) is 3.87. The van der Waals surface area contributed by atoms with E-state index in [2.05, 4.69) is 45.3 Å². The molecule has 1 aromatic carbocycles. The summed E-state index contributed by atoms with van der Waals surface area (Å²) in [7, 11) is 2.20. The van der Waals surface area contributed by atoms with E-state index in [9.17, 15) is 0 Å². The second-order valence-corrected chi connectivity index (χ2v) is 11.2. The molecular weight excluding hydrogens is 436 g/mol. The maximum absolute atomic E-state index is 6.30. The molecule has 0 radical (unpaired) electrons. The molecule has 0 saturated carbocycles. The fourth-order valence-corrected chi connectivity index (χ4v) is 7.08. The first kappa shape index (κ1) is 21.9. The van der Waals surface area contributed by atoms with Gasteiger partial charge in [-0.05, 0) is 88.7 Å².